The molecule has 20 heavy (non-hydrogen) atoms. The average molecular weight is 309 g/mol. The Morgan fingerprint density at radius 3 is 2.55 bits per heavy atom. The van der Waals surface area contributed by atoms with Crippen LogP contribution in [0.25, 0.3) is 0 Å². The monoisotopic (exact) mass is 309 g/mol. The van der Waals surface area contributed by atoms with E-state index in [1.54, 1.807) is 18.5 Å². The fraction of sp³-hybridized carbons (Fsp3) is 0.643. The van der Waals surface area contributed by atoms with Gasteiger partial charge in [-0.2, -0.15) is 11.8 Å². The second kappa shape index (κ2) is 6.35. The van der Waals surface area contributed by atoms with Crippen molar-refractivity contribution >= 4 is 29.4 Å². The summed E-state index contributed by atoms with van der Waals surface area (Å²) in [4.78, 5) is 22.9. The Morgan fingerprint density at radius 1 is 1.30 bits per heavy atom. The van der Waals surface area contributed by atoms with Gasteiger partial charge >= 0.3 is 0 Å². The standard InChI is InChI=1S/C14H19N3OS2/c1-19-12-7-10-3-4-11(8-12)17(10)13(18)9-20-14-15-5-2-6-16-14/h2,5-6,10-12H,3-4,7-9H2,1H3. The molecule has 2 saturated heterocycles. The van der Waals surface area contributed by atoms with Crippen LogP contribution < -0.4 is 0 Å². The van der Waals surface area contributed by atoms with Gasteiger partial charge in [0.15, 0.2) is 5.16 Å². The highest BCUT2D eigenvalue weighted by molar-refractivity contribution is 7.99. The zero-order valence-corrected chi connectivity index (χ0v) is 13.2. The Morgan fingerprint density at radius 2 is 1.95 bits per heavy atom. The Balaban J connectivity index is 1.58. The molecule has 0 N–H and O–H groups in total. The normalized spacial score (nSPS) is 28.6. The quantitative estimate of drug-likeness (QED) is 0.631. The number of thioether (sulfide) groups is 2. The second-order valence-corrected chi connectivity index (χ2v) is 7.42. The number of rotatable bonds is 4. The van der Waals surface area contributed by atoms with Gasteiger partial charge in [0.05, 0.1) is 5.75 Å². The van der Waals surface area contributed by atoms with Crippen molar-refractivity contribution in [2.75, 3.05) is 12.0 Å². The molecule has 1 amide bonds. The van der Waals surface area contributed by atoms with Gasteiger partial charge in [-0.25, -0.2) is 9.97 Å². The first kappa shape index (κ1) is 14.2. The molecule has 2 unspecified atom stereocenters. The zero-order valence-electron chi connectivity index (χ0n) is 11.6. The number of hydrogen-bond acceptors (Lipinski definition) is 5. The van der Waals surface area contributed by atoms with Crippen LogP contribution in [-0.4, -0.2) is 50.1 Å². The summed E-state index contributed by atoms with van der Waals surface area (Å²) < 4.78 is 0. The topological polar surface area (TPSA) is 46.1 Å². The van der Waals surface area contributed by atoms with E-state index in [0.29, 0.717) is 23.0 Å². The molecule has 2 bridgehead atoms. The summed E-state index contributed by atoms with van der Waals surface area (Å²) in [6.45, 7) is 0. The van der Waals surface area contributed by atoms with Crippen LogP contribution in [0.4, 0.5) is 0 Å². The van der Waals surface area contributed by atoms with Crippen LogP contribution in [0.3, 0.4) is 0 Å². The number of fused-ring (bicyclic) bond motifs is 2. The molecule has 3 rings (SSSR count). The van der Waals surface area contributed by atoms with Crippen molar-refractivity contribution in [1.82, 2.24) is 14.9 Å². The van der Waals surface area contributed by atoms with Gasteiger partial charge in [-0.15, -0.1) is 0 Å². The third-order valence-corrected chi connectivity index (χ3v) is 6.09. The summed E-state index contributed by atoms with van der Waals surface area (Å²) in [5, 5.41) is 1.42. The first-order chi connectivity index (χ1) is 9.78. The highest BCUT2D eigenvalue weighted by Crippen LogP contribution is 2.39. The van der Waals surface area contributed by atoms with Crippen molar-refractivity contribution in [2.24, 2.45) is 0 Å². The largest absolute Gasteiger partial charge is 0.336 e. The number of hydrogen-bond donors (Lipinski definition) is 0. The first-order valence-electron chi connectivity index (χ1n) is 7.01. The summed E-state index contributed by atoms with van der Waals surface area (Å²) >= 11 is 3.40. The van der Waals surface area contributed by atoms with Crippen LogP contribution >= 0.6 is 23.5 Å². The van der Waals surface area contributed by atoms with Gasteiger partial charge in [-0.1, -0.05) is 11.8 Å². The summed E-state index contributed by atoms with van der Waals surface area (Å²) in [7, 11) is 0. The lowest BCUT2D eigenvalue weighted by molar-refractivity contribution is -0.132. The fourth-order valence-corrected chi connectivity index (χ4v) is 4.79. The summed E-state index contributed by atoms with van der Waals surface area (Å²) in [6.07, 6.45) is 10.3. The Bertz CT molecular complexity index is 457. The van der Waals surface area contributed by atoms with Crippen molar-refractivity contribution in [3.63, 3.8) is 0 Å². The van der Waals surface area contributed by atoms with Crippen molar-refractivity contribution in [3.05, 3.63) is 18.5 Å². The van der Waals surface area contributed by atoms with E-state index >= 15 is 0 Å². The van der Waals surface area contributed by atoms with E-state index in [9.17, 15) is 4.79 Å². The highest BCUT2D eigenvalue weighted by Gasteiger charge is 2.42. The molecule has 2 aliphatic heterocycles. The third-order valence-electron chi connectivity index (χ3n) is 4.18. The predicted molar refractivity (Wildman–Crippen MR) is 82.9 cm³/mol. The SMILES string of the molecule is CSC1CC2CCC(C1)N2C(=O)CSc1ncccn1. The molecular weight excluding hydrogens is 290 g/mol. The van der Waals surface area contributed by atoms with Gasteiger partial charge in [0.25, 0.3) is 0 Å². The van der Waals surface area contributed by atoms with Crippen LogP contribution in [0.1, 0.15) is 25.7 Å². The first-order valence-corrected chi connectivity index (χ1v) is 9.29. The van der Waals surface area contributed by atoms with Crippen LogP contribution in [0.5, 0.6) is 0 Å². The van der Waals surface area contributed by atoms with Gasteiger partial charge in [0, 0.05) is 29.7 Å². The van der Waals surface area contributed by atoms with Crippen molar-refractivity contribution < 1.29 is 4.79 Å². The Hall–Kier alpha value is -0.750. The molecule has 0 aliphatic carbocycles. The second-order valence-electron chi connectivity index (χ2n) is 5.34. The molecule has 0 radical (unpaired) electrons. The van der Waals surface area contributed by atoms with E-state index in [1.165, 1.54) is 24.6 Å². The maximum atomic E-state index is 12.5. The lowest BCUT2D eigenvalue weighted by atomic mass is 10.0. The van der Waals surface area contributed by atoms with Gasteiger partial charge in [0.1, 0.15) is 0 Å². The van der Waals surface area contributed by atoms with E-state index in [4.69, 9.17) is 0 Å². The Labute approximate surface area is 128 Å². The number of amides is 1. The molecule has 0 saturated carbocycles. The predicted octanol–water partition coefficient (Wildman–Crippen LogP) is 2.45. The van der Waals surface area contributed by atoms with Gasteiger partial charge in [-0.3, -0.25) is 4.79 Å². The van der Waals surface area contributed by atoms with Crippen LogP contribution in [0, 0.1) is 0 Å². The number of carbonyl (C=O) groups is 1. The summed E-state index contributed by atoms with van der Waals surface area (Å²) in [5.74, 6) is 0.718. The molecule has 2 aliphatic rings. The maximum absolute atomic E-state index is 12.5. The average Bonchev–Trinajstić information content (AvgIpc) is 2.76. The number of aromatic nitrogens is 2. The van der Waals surface area contributed by atoms with Crippen molar-refractivity contribution in [2.45, 2.75) is 48.2 Å². The van der Waals surface area contributed by atoms with Crippen molar-refractivity contribution in [1.29, 1.82) is 0 Å². The zero-order chi connectivity index (χ0) is 13.9. The minimum absolute atomic E-state index is 0.259. The van der Waals surface area contributed by atoms with Crippen LogP contribution in [-0.2, 0) is 4.79 Å². The van der Waals surface area contributed by atoms with Crippen LogP contribution in [0.2, 0.25) is 0 Å². The van der Waals surface area contributed by atoms with E-state index in [-0.39, 0.29) is 5.91 Å². The van der Waals surface area contributed by atoms with E-state index < -0.39 is 0 Å². The van der Waals surface area contributed by atoms with E-state index in [0.717, 1.165) is 18.1 Å². The number of piperidine rings is 1. The van der Waals surface area contributed by atoms with E-state index in [1.807, 2.05) is 11.8 Å². The highest BCUT2D eigenvalue weighted by atomic mass is 32.2. The minimum Gasteiger partial charge on any atom is -0.336 e. The summed E-state index contributed by atoms with van der Waals surface area (Å²) in [5.41, 5.74) is 0. The van der Waals surface area contributed by atoms with Crippen molar-refractivity contribution in [3.8, 4) is 0 Å². The van der Waals surface area contributed by atoms with Gasteiger partial charge in [0.2, 0.25) is 5.91 Å². The fourth-order valence-electron chi connectivity index (χ4n) is 3.29. The third kappa shape index (κ3) is 2.96. The number of nitrogens with zero attached hydrogens (tertiary/aromatic N) is 3. The molecule has 4 nitrogen and oxygen atoms in total. The molecule has 1 aromatic rings. The van der Waals surface area contributed by atoms with Gasteiger partial charge in [-0.05, 0) is 38.0 Å². The lowest BCUT2D eigenvalue weighted by Gasteiger charge is -2.38. The summed E-state index contributed by atoms with van der Waals surface area (Å²) in [6, 6.07) is 2.73. The van der Waals surface area contributed by atoms with E-state index in [2.05, 4.69) is 21.1 Å². The molecule has 2 fully saturated rings. The van der Waals surface area contributed by atoms with Gasteiger partial charge < -0.3 is 4.90 Å². The molecule has 108 valence electrons. The molecule has 2 atom stereocenters. The minimum atomic E-state index is 0.259. The molecule has 0 spiro atoms. The number of carbonyl (C=O) groups excluding carboxylic acids is 1. The molecule has 6 heteroatoms. The maximum Gasteiger partial charge on any atom is 0.233 e. The molecule has 3 heterocycles. The molecule has 1 aromatic heterocycles. The lowest BCUT2D eigenvalue weighted by Crippen LogP contribution is -2.48. The smallest absolute Gasteiger partial charge is 0.233 e. The molecular formula is C14H19N3OS2. The van der Waals surface area contributed by atoms with Crippen LogP contribution in [0.15, 0.2) is 23.6 Å². The molecule has 0 aromatic carbocycles. The Kier molecular flexibility index (Phi) is 4.51.